The van der Waals surface area contributed by atoms with Gasteiger partial charge in [-0.2, -0.15) is 0 Å². The quantitative estimate of drug-likeness (QED) is 0.908. The summed E-state index contributed by atoms with van der Waals surface area (Å²) in [4.78, 5) is 16.3. The van der Waals surface area contributed by atoms with E-state index in [-0.39, 0.29) is 5.91 Å². The van der Waals surface area contributed by atoms with Gasteiger partial charge in [0.15, 0.2) is 0 Å². The van der Waals surface area contributed by atoms with Crippen LogP contribution in [0.4, 0.5) is 5.69 Å². The highest BCUT2D eigenvalue weighted by molar-refractivity contribution is 9.10. The van der Waals surface area contributed by atoms with Crippen LogP contribution in [0.3, 0.4) is 0 Å². The van der Waals surface area contributed by atoms with Crippen molar-refractivity contribution >= 4 is 27.5 Å². The molecule has 0 aliphatic rings. The second-order valence-corrected chi connectivity index (χ2v) is 5.42. The number of benzene rings is 1. The van der Waals surface area contributed by atoms with Crippen LogP contribution >= 0.6 is 15.9 Å². The summed E-state index contributed by atoms with van der Waals surface area (Å²) in [6.07, 6.45) is 1.61. The predicted octanol–water partition coefficient (Wildman–Crippen LogP) is 4.02. The number of hydrogen-bond acceptors (Lipinski definition) is 2. The van der Waals surface area contributed by atoms with Crippen molar-refractivity contribution in [3.8, 4) is 0 Å². The van der Waals surface area contributed by atoms with Gasteiger partial charge in [-0.15, -0.1) is 0 Å². The van der Waals surface area contributed by atoms with Crippen molar-refractivity contribution < 1.29 is 4.79 Å². The first-order valence-corrected chi connectivity index (χ1v) is 6.78. The Labute approximate surface area is 121 Å². The first-order valence-electron chi connectivity index (χ1n) is 5.98. The monoisotopic (exact) mass is 318 g/mol. The van der Waals surface area contributed by atoms with Crippen molar-refractivity contribution in [2.45, 2.75) is 20.8 Å². The van der Waals surface area contributed by atoms with E-state index >= 15 is 0 Å². The first kappa shape index (κ1) is 13.7. The third-order valence-electron chi connectivity index (χ3n) is 2.89. The molecule has 0 saturated carbocycles. The molecule has 19 heavy (non-hydrogen) atoms. The molecular formula is C15H15BrN2O. The van der Waals surface area contributed by atoms with Crippen molar-refractivity contribution in [2.75, 3.05) is 5.32 Å². The molecule has 0 aliphatic heterocycles. The summed E-state index contributed by atoms with van der Waals surface area (Å²) in [6, 6.07) is 7.69. The maximum absolute atomic E-state index is 12.2. The van der Waals surface area contributed by atoms with Crippen LogP contribution in [0.1, 0.15) is 27.2 Å². The SMILES string of the molecule is Cc1cc(C)c(NC(=O)c2ncccc2Br)c(C)c1. The van der Waals surface area contributed by atoms with Gasteiger partial charge in [0, 0.05) is 16.4 Å². The Balaban J connectivity index is 2.32. The fourth-order valence-corrected chi connectivity index (χ4v) is 2.54. The van der Waals surface area contributed by atoms with Crippen molar-refractivity contribution in [3.63, 3.8) is 0 Å². The number of pyridine rings is 1. The molecule has 0 saturated heterocycles. The standard InChI is InChI=1S/C15H15BrN2O/c1-9-7-10(2)13(11(3)8-9)18-15(19)14-12(16)5-4-6-17-14/h4-8H,1-3H3,(H,18,19). The van der Waals surface area contributed by atoms with Crippen molar-refractivity contribution in [2.24, 2.45) is 0 Å². The van der Waals surface area contributed by atoms with E-state index in [9.17, 15) is 4.79 Å². The lowest BCUT2D eigenvalue weighted by Crippen LogP contribution is -2.16. The zero-order chi connectivity index (χ0) is 14.0. The highest BCUT2D eigenvalue weighted by Gasteiger charge is 2.13. The van der Waals surface area contributed by atoms with Gasteiger partial charge in [0.2, 0.25) is 0 Å². The number of carbonyl (C=O) groups is 1. The topological polar surface area (TPSA) is 42.0 Å². The zero-order valence-corrected chi connectivity index (χ0v) is 12.7. The molecular weight excluding hydrogens is 304 g/mol. The highest BCUT2D eigenvalue weighted by Crippen LogP contribution is 2.23. The van der Waals surface area contributed by atoms with E-state index in [2.05, 4.69) is 38.4 Å². The van der Waals surface area contributed by atoms with Gasteiger partial charge >= 0.3 is 0 Å². The smallest absolute Gasteiger partial charge is 0.275 e. The molecule has 3 nitrogen and oxygen atoms in total. The second kappa shape index (κ2) is 5.53. The van der Waals surface area contributed by atoms with Gasteiger partial charge in [-0.25, -0.2) is 4.98 Å². The largest absolute Gasteiger partial charge is 0.320 e. The molecule has 4 heteroatoms. The fourth-order valence-electron chi connectivity index (χ4n) is 2.10. The van der Waals surface area contributed by atoms with Gasteiger partial charge in [0.1, 0.15) is 5.69 Å². The fraction of sp³-hybridized carbons (Fsp3) is 0.200. The Bertz CT molecular complexity index is 615. The normalized spacial score (nSPS) is 10.3. The molecule has 98 valence electrons. The predicted molar refractivity (Wildman–Crippen MR) is 80.5 cm³/mol. The average molecular weight is 319 g/mol. The maximum atomic E-state index is 12.2. The average Bonchev–Trinajstić information content (AvgIpc) is 2.34. The van der Waals surface area contributed by atoms with E-state index in [0.29, 0.717) is 10.2 Å². The van der Waals surface area contributed by atoms with Crippen molar-refractivity contribution in [1.82, 2.24) is 4.98 Å². The number of hydrogen-bond donors (Lipinski definition) is 1. The van der Waals surface area contributed by atoms with E-state index < -0.39 is 0 Å². The molecule has 1 heterocycles. The van der Waals surface area contributed by atoms with Gasteiger partial charge in [0.25, 0.3) is 5.91 Å². The molecule has 0 fully saturated rings. The summed E-state index contributed by atoms with van der Waals surface area (Å²) >= 11 is 3.34. The number of nitrogens with zero attached hydrogens (tertiary/aromatic N) is 1. The number of anilines is 1. The van der Waals surface area contributed by atoms with Crippen LogP contribution < -0.4 is 5.32 Å². The maximum Gasteiger partial charge on any atom is 0.275 e. The number of aryl methyl sites for hydroxylation is 3. The molecule has 1 aromatic heterocycles. The van der Waals surface area contributed by atoms with Crippen LogP contribution in [0.5, 0.6) is 0 Å². The van der Waals surface area contributed by atoms with Gasteiger partial charge in [-0.1, -0.05) is 17.7 Å². The number of rotatable bonds is 2. The molecule has 1 amide bonds. The van der Waals surface area contributed by atoms with Crippen LogP contribution in [0.15, 0.2) is 34.9 Å². The molecule has 1 aromatic carbocycles. The first-order chi connectivity index (χ1) is 8.99. The molecule has 0 radical (unpaired) electrons. The summed E-state index contributed by atoms with van der Waals surface area (Å²) in [7, 11) is 0. The van der Waals surface area contributed by atoms with E-state index in [1.54, 1.807) is 18.3 Å². The summed E-state index contributed by atoms with van der Waals surface area (Å²) < 4.78 is 0.690. The minimum atomic E-state index is -0.206. The lowest BCUT2D eigenvalue weighted by molar-refractivity contribution is 0.102. The van der Waals surface area contributed by atoms with Gasteiger partial charge < -0.3 is 5.32 Å². The highest BCUT2D eigenvalue weighted by atomic mass is 79.9. The molecule has 0 aliphatic carbocycles. The van der Waals surface area contributed by atoms with Gasteiger partial charge in [0.05, 0.1) is 0 Å². The van der Waals surface area contributed by atoms with E-state index in [1.807, 2.05) is 20.8 Å². The molecule has 0 bridgehead atoms. The third kappa shape index (κ3) is 3.01. The summed E-state index contributed by atoms with van der Waals surface area (Å²) in [6.45, 7) is 6.02. The molecule has 2 rings (SSSR count). The number of halogens is 1. The summed E-state index contributed by atoms with van der Waals surface area (Å²) in [5.74, 6) is -0.206. The molecule has 1 N–H and O–H groups in total. The van der Waals surface area contributed by atoms with Gasteiger partial charge in [-0.3, -0.25) is 4.79 Å². The number of aromatic nitrogens is 1. The number of amides is 1. The van der Waals surface area contributed by atoms with Crippen LogP contribution in [-0.4, -0.2) is 10.9 Å². The second-order valence-electron chi connectivity index (χ2n) is 4.56. The van der Waals surface area contributed by atoms with Gasteiger partial charge in [-0.05, 0) is 60.0 Å². The summed E-state index contributed by atoms with van der Waals surface area (Å²) in [5, 5.41) is 2.93. The number of nitrogens with one attached hydrogen (secondary N) is 1. The summed E-state index contributed by atoms with van der Waals surface area (Å²) in [5.41, 5.74) is 4.54. The van der Waals surface area contributed by atoms with Crippen LogP contribution in [0.2, 0.25) is 0 Å². The van der Waals surface area contributed by atoms with Crippen molar-refractivity contribution in [3.05, 3.63) is 57.3 Å². The number of carbonyl (C=O) groups excluding carboxylic acids is 1. The zero-order valence-electron chi connectivity index (χ0n) is 11.1. The Hall–Kier alpha value is -1.68. The Kier molecular flexibility index (Phi) is 4.00. The van der Waals surface area contributed by atoms with Crippen LogP contribution in [-0.2, 0) is 0 Å². The molecule has 2 aromatic rings. The van der Waals surface area contributed by atoms with Crippen LogP contribution in [0, 0.1) is 20.8 Å². The van der Waals surface area contributed by atoms with Crippen LogP contribution in [0.25, 0.3) is 0 Å². The lowest BCUT2D eigenvalue weighted by Gasteiger charge is -2.13. The van der Waals surface area contributed by atoms with E-state index in [0.717, 1.165) is 16.8 Å². The third-order valence-corrected chi connectivity index (χ3v) is 3.53. The lowest BCUT2D eigenvalue weighted by atomic mass is 10.0. The molecule has 0 unspecified atom stereocenters. The Morgan fingerprint density at radius 2 is 1.84 bits per heavy atom. The Morgan fingerprint density at radius 3 is 2.42 bits per heavy atom. The minimum Gasteiger partial charge on any atom is -0.320 e. The van der Waals surface area contributed by atoms with Crippen molar-refractivity contribution in [1.29, 1.82) is 0 Å². The molecule has 0 atom stereocenters. The Morgan fingerprint density at radius 1 is 1.21 bits per heavy atom. The molecule has 0 spiro atoms. The van der Waals surface area contributed by atoms with E-state index in [1.165, 1.54) is 5.56 Å². The minimum absolute atomic E-state index is 0.206. The van der Waals surface area contributed by atoms with E-state index in [4.69, 9.17) is 0 Å².